The van der Waals surface area contributed by atoms with Crippen molar-refractivity contribution in [2.75, 3.05) is 13.7 Å². The van der Waals surface area contributed by atoms with Gasteiger partial charge in [-0.25, -0.2) is 4.98 Å². The van der Waals surface area contributed by atoms with Crippen LogP contribution in [-0.4, -0.2) is 47.6 Å². The minimum atomic E-state index is -0.389. The Labute approximate surface area is 225 Å². The maximum atomic E-state index is 12.9. The third kappa shape index (κ3) is 5.56. The number of methoxy groups -OCH3 is 1. The molecule has 0 spiro atoms. The van der Waals surface area contributed by atoms with E-state index in [2.05, 4.69) is 34.7 Å². The van der Waals surface area contributed by atoms with Crippen LogP contribution < -0.4 is 14.8 Å². The molecule has 1 saturated carbocycles. The Morgan fingerprint density at radius 1 is 1.05 bits per heavy atom. The van der Waals surface area contributed by atoms with E-state index in [1.807, 2.05) is 18.2 Å². The summed E-state index contributed by atoms with van der Waals surface area (Å²) < 4.78 is 12.7. The molecule has 1 aliphatic rings. The van der Waals surface area contributed by atoms with Gasteiger partial charge in [0.15, 0.2) is 17.3 Å². The first-order valence-corrected chi connectivity index (χ1v) is 13.6. The predicted molar refractivity (Wildman–Crippen MR) is 148 cm³/mol. The zero-order valence-electron chi connectivity index (χ0n) is 21.4. The van der Waals surface area contributed by atoms with Gasteiger partial charge in [-0.05, 0) is 68.5 Å². The lowest BCUT2D eigenvalue weighted by Gasteiger charge is -2.26. The molecule has 0 bridgehead atoms. The predicted octanol–water partition coefficient (Wildman–Crippen LogP) is 5.58. The van der Waals surface area contributed by atoms with Gasteiger partial charge in [0.1, 0.15) is 5.69 Å². The summed E-state index contributed by atoms with van der Waals surface area (Å²) in [4.78, 5) is 30.3. The number of hydrogen-bond donors (Lipinski definition) is 2. The maximum Gasteiger partial charge on any atom is 0.251 e. The summed E-state index contributed by atoms with van der Waals surface area (Å²) in [7, 11) is 1.52. The summed E-state index contributed by atoms with van der Waals surface area (Å²) in [6.07, 6.45) is 2.70. The van der Waals surface area contributed by atoms with E-state index in [0.29, 0.717) is 35.6 Å². The number of aromatic nitrogens is 1. The summed E-state index contributed by atoms with van der Waals surface area (Å²) in [5.41, 5.74) is 3.59. The Balaban J connectivity index is 1.24. The number of nitrogens with one attached hydrogen (secondary N) is 1. The van der Waals surface area contributed by atoms with E-state index in [9.17, 15) is 14.7 Å². The zero-order valence-corrected chi connectivity index (χ0v) is 22.2. The molecular weight excluding hydrogens is 500 g/mol. The van der Waals surface area contributed by atoms with Crippen LogP contribution in [0.3, 0.4) is 0 Å². The van der Waals surface area contributed by atoms with Crippen molar-refractivity contribution in [3.63, 3.8) is 0 Å². The molecule has 8 heteroatoms. The Kier molecular flexibility index (Phi) is 7.72. The van der Waals surface area contributed by atoms with E-state index in [-0.39, 0.29) is 30.4 Å². The van der Waals surface area contributed by atoms with Crippen LogP contribution in [0.15, 0.2) is 60.0 Å². The van der Waals surface area contributed by atoms with Crippen molar-refractivity contribution in [2.45, 2.75) is 44.8 Å². The SMILES string of the molecule is COc1cc(C(=O)NCC(=O)c2cccc(-c3csc4c(C)cccc34)n2)ccc1OC1CCC(O)CC1. The quantitative estimate of drug-likeness (QED) is 0.289. The highest BCUT2D eigenvalue weighted by Gasteiger charge is 2.22. The second-order valence-corrected chi connectivity index (χ2v) is 10.4. The third-order valence-corrected chi connectivity index (χ3v) is 8.01. The lowest BCUT2D eigenvalue weighted by atomic mass is 9.95. The molecule has 196 valence electrons. The number of ether oxygens (including phenoxy) is 2. The van der Waals surface area contributed by atoms with Gasteiger partial charge in [0.25, 0.3) is 5.91 Å². The Hall–Kier alpha value is -3.75. The molecule has 2 aromatic heterocycles. The van der Waals surface area contributed by atoms with Crippen LogP contribution in [0.4, 0.5) is 0 Å². The standard InChI is InChI=1S/C30H30N2O5S/c1-18-5-3-6-22-23(17-38-29(18)22)24-7-4-8-25(32-24)26(34)16-31-30(35)19-9-14-27(28(15-19)36-2)37-21-12-10-20(33)11-13-21/h3-9,14-15,17,20-21,33H,10-13,16H2,1-2H3,(H,31,35). The van der Waals surface area contributed by atoms with E-state index in [4.69, 9.17) is 9.47 Å². The first kappa shape index (κ1) is 25.9. The van der Waals surface area contributed by atoms with Gasteiger partial charge in [-0.3, -0.25) is 9.59 Å². The fraction of sp³-hybridized carbons (Fsp3) is 0.300. The Morgan fingerprint density at radius 3 is 2.63 bits per heavy atom. The molecule has 2 N–H and O–H groups in total. The number of benzene rings is 2. The highest BCUT2D eigenvalue weighted by molar-refractivity contribution is 7.18. The van der Waals surface area contributed by atoms with Crippen LogP contribution in [0.2, 0.25) is 0 Å². The number of thiophene rings is 1. The fourth-order valence-electron chi connectivity index (χ4n) is 4.74. The number of hydrogen-bond acceptors (Lipinski definition) is 7. The molecule has 7 nitrogen and oxygen atoms in total. The Bertz CT molecular complexity index is 1470. The van der Waals surface area contributed by atoms with Crippen LogP contribution in [0.25, 0.3) is 21.3 Å². The summed E-state index contributed by atoms with van der Waals surface area (Å²) in [6.45, 7) is 1.90. The van der Waals surface area contributed by atoms with Crippen molar-refractivity contribution >= 4 is 33.1 Å². The van der Waals surface area contributed by atoms with Gasteiger partial charge in [0.05, 0.1) is 31.6 Å². The van der Waals surface area contributed by atoms with Crippen LogP contribution in [0.1, 0.15) is 52.1 Å². The van der Waals surface area contributed by atoms with Crippen LogP contribution in [0, 0.1) is 6.92 Å². The number of carbonyl (C=O) groups excluding carboxylic acids is 2. The first-order chi connectivity index (χ1) is 18.4. The summed E-state index contributed by atoms with van der Waals surface area (Å²) in [5.74, 6) is 0.336. The van der Waals surface area contributed by atoms with Crippen molar-refractivity contribution in [2.24, 2.45) is 0 Å². The third-order valence-electron chi connectivity index (χ3n) is 6.88. The summed E-state index contributed by atoms with van der Waals surface area (Å²) in [5, 5.41) is 15.6. The zero-order chi connectivity index (χ0) is 26.6. The van der Waals surface area contributed by atoms with Crippen molar-refractivity contribution in [1.82, 2.24) is 10.3 Å². The normalized spacial score (nSPS) is 17.2. The van der Waals surface area contributed by atoms with Gasteiger partial charge in [-0.15, -0.1) is 11.3 Å². The number of rotatable bonds is 8. The molecule has 1 fully saturated rings. The number of aryl methyl sites for hydroxylation is 1. The number of nitrogens with zero attached hydrogens (tertiary/aromatic N) is 1. The molecule has 0 unspecified atom stereocenters. The molecular formula is C30H30N2O5S. The number of aliphatic hydroxyl groups excluding tert-OH is 1. The number of pyridine rings is 1. The minimum absolute atomic E-state index is 0.00366. The highest BCUT2D eigenvalue weighted by Crippen LogP contribution is 2.35. The van der Waals surface area contributed by atoms with Gasteiger partial charge in [0, 0.05) is 26.6 Å². The van der Waals surface area contributed by atoms with Crippen LogP contribution in [-0.2, 0) is 0 Å². The monoisotopic (exact) mass is 530 g/mol. The van der Waals surface area contributed by atoms with Gasteiger partial charge in [0.2, 0.25) is 0 Å². The number of fused-ring (bicyclic) bond motifs is 1. The number of carbonyl (C=O) groups is 2. The molecule has 0 saturated heterocycles. The minimum Gasteiger partial charge on any atom is -0.493 e. The number of ketones is 1. The molecule has 0 radical (unpaired) electrons. The average molecular weight is 531 g/mol. The van der Waals surface area contributed by atoms with Crippen molar-refractivity contribution in [3.8, 4) is 22.8 Å². The Morgan fingerprint density at radius 2 is 1.84 bits per heavy atom. The number of aliphatic hydroxyl groups is 1. The summed E-state index contributed by atoms with van der Waals surface area (Å²) >= 11 is 1.66. The van der Waals surface area contributed by atoms with E-state index in [0.717, 1.165) is 29.5 Å². The topological polar surface area (TPSA) is 97.8 Å². The molecule has 1 aliphatic carbocycles. The molecule has 0 atom stereocenters. The molecule has 1 amide bonds. The largest absolute Gasteiger partial charge is 0.493 e. The van der Waals surface area contributed by atoms with E-state index >= 15 is 0 Å². The first-order valence-electron chi connectivity index (χ1n) is 12.7. The van der Waals surface area contributed by atoms with Gasteiger partial charge >= 0.3 is 0 Å². The lowest BCUT2D eigenvalue weighted by molar-refractivity contribution is 0.0652. The van der Waals surface area contributed by atoms with Gasteiger partial charge < -0.3 is 19.9 Å². The van der Waals surface area contributed by atoms with E-state index < -0.39 is 0 Å². The van der Waals surface area contributed by atoms with Crippen molar-refractivity contribution in [3.05, 3.63) is 76.8 Å². The molecule has 5 rings (SSSR count). The van der Waals surface area contributed by atoms with E-state index in [1.165, 1.54) is 17.4 Å². The molecule has 2 aromatic carbocycles. The van der Waals surface area contributed by atoms with Gasteiger partial charge in [-0.2, -0.15) is 0 Å². The smallest absolute Gasteiger partial charge is 0.251 e. The second-order valence-electron chi connectivity index (χ2n) is 9.53. The van der Waals surface area contributed by atoms with Crippen molar-refractivity contribution < 1.29 is 24.2 Å². The number of Topliss-reactive ketones (excluding diaryl/α,β-unsaturated/α-hetero) is 1. The van der Waals surface area contributed by atoms with Crippen molar-refractivity contribution in [1.29, 1.82) is 0 Å². The summed E-state index contributed by atoms with van der Waals surface area (Å²) in [6, 6.07) is 16.5. The van der Waals surface area contributed by atoms with Crippen LogP contribution in [0.5, 0.6) is 11.5 Å². The number of amides is 1. The fourth-order valence-corrected chi connectivity index (χ4v) is 5.79. The molecule has 38 heavy (non-hydrogen) atoms. The molecule has 0 aliphatic heterocycles. The van der Waals surface area contributed by atoms with Gasteiger partial charge in [-0.1, -0.05) is 24.3 Å². The molecule has 2 heterocycles. The van der Waals surface area contributed by atoms with Crippen LogP contribution >= 0.6 is 11.3 Å². The lowest BCUT2D eigenvalue weighted by Crippen LogP contribution is -2.30. The molecule has 4 aromatic rings. The van der Waals surface area contributed by atoms with E-state index in [1.54, 1.807) is 35.6 Å². The second kappa shape index (κ2) is 11.3. The maximum absolute atomic E-state index is 12.9. The highest BCUT2D eigenvalue weighted by atomic mass is 32.1. The average Bonchev–Trinajstić information content (AvgIpc) is 3.38.